The number of furan rings is 1. The molecule has 2 N–H and O–H groups in total. The molecule has 7 nitrogen and oxygen atoms in total. The van der Waals surface area contributed by atoms with Crippen molar-refractivity contribution in [1.82, 2.24) is 15.5 Å². The minimum Gasteiger partial charge on any atom is -0.493 e. The average molecular weight is 528 g/mol. The molecular weight excluding hydrogens is 495 g/mol. The Labute approximate surface area is 196 Å². The van der Waals surface area contributed by atoms with Crippen LogP contribution in [-0.2, 0) is 6.54 Å². The molecule has 1 unspecified atom stereocenters. The van der Waals surface area contributed by atoms with Gasteiger partial charge >= 0.3 is 0 Å². The van der Waals surface area contributed by atoms with Crippen molar-refractivity contribution in [2.45, 2.75) is 32.4 Å². The van der Waals surface area contributed by atoms with Crippen molar-refractivity contribution in [3.63, 3.8) is 0 Å². The van der Waals surface area contributed by atoms with E-state index in [0.29, 0.717) is 12.3 Å². The van der Waals surface area contributed by atoms with E-state index in [-0.39, 0.29) is 30.0 Å². The quantitative estimate of drug-likeness (QED) is 0.293. The highest BCUT2D eigenvalue weighted by atomic mass is 127. The second kappa shape index (κ2) is 12.7. The summed E-state index contributed by atoms with van der Waals surface area (Å²) < 4.78 is 16.4. The highest BCUT2D eigenvalue weighted by Gasteiger charge is 2.25. The van der Waals surface area contributed by atoms with Gasteiger partial charge in [0.25, 0.3) is 0 Å². The van der Waals surface area contributed by atoms with Gasteiger partial charge in [-0.05, 0) is 62.7 Å². The molecule has 1 aliphatic heterocycles. The van der Waals surface area contributed by atoms with Gasteiger partial charge < -0.3 is 24.5 Å². The summed E-state index contributed by atoms with van der Waals surface area (Å²) in [6.45, 7) is 6.36. The van der Waals surface area contributed by atoms with Gasteiger partial charge in [-0.2, -0.15) is 0 Å². The first kappa shape index (κ1) is 24.3. The number of nitrogens with zero attached hydrogens (tertiary/aromatic N) is 2. The largest absolute Gasteiger partial charge is 0.493 e. The zero-order valence-electron chi connectivity index (χ0n) is 18.0. The molecule has 0 amide bonds. The third-order valence-corrected chi connectivity index (χ3v) is 5.13. The minimum absolute atomic E-state index is 0. The number of likely N-dealkylation sites (tertiary alicyclic amines) is 1. The van der Waals surface area contributed by atoms with Crippen LogP contribution in [0.3, 0.4) is 0 Å². The van der Waals surface area contributed by atoms with Crippen molar-refractivity contribution < 1.29 is 13.9 Å². The Kier molecular flexibility index (Phi) is 10.3. The Balaban J connectivity index is 0.00000320. The lowest BCUT2D eigenvalue weighted by molar-refractivity contribution is 0.215. The van der Waals surface area contributed by atoms with Crippen LogP contribution in [0.4, 0.5) is 0 Å². The van der Waals surface area contributed by atoms with Crippen LogP contribution >= 0.6 is 24.0 Å². The van der Waals surface area contributed by atoms with Crippen LogP contribution in [0.25, 0.3) is 0 Å². The van der Waals surface area contributed by atoms with E-state index < -0.39 is 0 Å². The number of ether oxygens (including phenoxy) is 2. The zero-order valence-corrected chi connectivity index (χ0v) is 20.3. The maximum absolute atomic E-state index is 5.71. The third kappa shape index (κ3) is 6.53. The van der Waals surface area contributed by atoms with Crippen LogP contribution in [0, 0.1) is 0 Å². The monoisotopic (exact) mass is 528 g/mol. The van der Waals surface area contributed by atoms with Crippen LogP contribution in [0.5, 0.6) is 11.5 Å². The zero-order chi connectivity index (χ0) is 20.5. The van der Waals surface area contributed by atoms with Gasteiger partial charge in [-0.3, -0.25) is 4.90 Å². The number of nitrogens with one attached hydrogen (secondary N) is 2. The van der Waals surface area contributed by atoms with E-state index in [0.717, 1.165) is 49.2 Å². The molecule has 1 aromatic carbocycles. The first-order chi connectivity index (χ1) is 14.2. The Hall–Kier alpha value is -1.94. The van der Waals surface area contributed by atoms with Crippen molar-refractivity contribution in [2.24, 2.45) is 4.99 Å². The molecule has 8 heteroatoms. The summed E-state index contributed by atoms with van der Waals surface area (Å²) in [4.78, 5) is 7.22. The molecule has 30 heavy (non-hydrogen) atoms. The molecule has 1 aliphatic rings. The molecule has 1 saturated heterocycles. The van der Waals surface area contributed by atoms with Crippen LogP contribution in [0.2, 0.25) is 0 Å². The van der Waals surface area contributed by atoms with Crippen molar-refractivity contribution >= 4 is 29.9 Å². The summed E-state index contributed by atoms with van der Waals surface area (Å²) in [6, 6.07) is 10.1. The maximum atomic E-state index is 5.71. The van der Waals surface area contributed by atoms with E-state index in [4.69, 9.17) is 18.9 Å². The van der Waals surface area contributed by atoms with E-state index in [1.54, 1.807) is 20.5 Å². The first-order valence-electron chi connectivity index (χ1n) is 10.3. The van der Waals surface area contributed by atoms with Crippen LogP contribution in [0.15, 0.2) is 46.0 Å². The molecule has 3 rings (SSSR count). The van der Waals surface area contributed by atoms with Gasteiger partial charge in [0, 0.05) is 13.1 Å². The Morgan fingerprint density at radius 2 is 1.90 bits per heavy atom. The van der Waals surface area contributed by atoms with Gasteiger partial charge in [-0.1, -0.05) is 6.07 Å². The second-order valence-electron chi connectivity index (χ2n) is 7.04. The smallest absolute Gasteiger partial charge is 0.191 e. The molecule has 0 spiro atoms. The lowest BCUT2D eigenvalue weighted by Crippen LogP contribution is -2.42. The number of halogens is 1. The molecule has 2 aromatic rings. The molecule has 1 atom stereocenters. The predicted octanol–water partition coefficient (Wildman–Crippen LogP) is 3.81. The summed E-state index contributed by atoms with van der Waals surface area (Å²) in [5, 5.41) is 6.82. The molecule has 0 saturated carbocycles. The highest BCUT2D eigenvalue weighted by molar-refractivity contribution is 14.0. The van der Waals surface area contributed by atoms with Crippen LogP contribution < -0.4 is 20.1 Å². The Morgan fingerprint density at radius 3 is 2.53 bits per heavy atom. The average Bonchev–Trinajstić information content (AvgIpc) is 3.46. The van der Waals surface area contributed by atoms with Gasteiger partial charge in [-0.15, -0.1) is 24.0 Å². The number of methoxy groups -OCH3 is 2. The molecule has 0 bridgehead atoms. The van der Waals surface area contributed by atoms with E-state index in [9.17, 15) is 0 Å². The number of hydrogen-bond acceptors (Lipinski definition) is 5. The number of benzene rings is 1. The fourth-order valence-electron chi connectivity index (χ4n) is 3.63. The fraction of sp³-hybridized carbons (Fsp3) is 0.500. The fourth-order valence-corrected chi connectivity index (χ4v) is 3.63. The molecule has 1 fully saturated rings. The van der Waals surface area contributed by atoms with E-state index in [1.165, 1.54) is 12.8 Å². The minimum atomic E-state index is 0. The Bertz CT molecular complexity index is 777. The normalized spacial score (nSPS) is 15.4. The molecular formula is C22H33IN4O3. The molecule has 166 valence electrons. The number of aliphatic imine (C=N–C) groups is 1. The van der Waals surface area contributed by atoms with Crippen molar-refractivity contribution in [1.29, 1.82) is 0 Å². The highest BCUT2D eigenvalue weighted by Crippen LogP contribution is 2.28. The number of hydrogen-bond donors (Lipinski definition) is 2. The van der Waals surface area contributed by atoms with Gasteiger partial charge in [0.15, 0.2) is 17.5 Å². The summed E-state index contributed by atoms with van der Waals surface area (Å²) >= 11 is 0. The second-order valence-corrected chi connectivity index (χ2v) is 7.04. The van der Waals surface area contributed by atoms with E-state index in [1.807, 2.05) is 24.3 Å². The van der Waals surface area contributed by atoms with Crippen molar-refractivity contribution in [2.75, 3.05) is 40.4 Å². The SMILES string of the molecule is CCNC(=NCc1ccc(OC)c(OC)c1)NCC(c1ccco1)N1CCCC1.I. The molecule has 2 heterocycles. The lowest BCUT2D eigenvalue weighted by atomic mass is 10.2. The summed E-state index contributed by atoms with van der Waals surface area (Å²) in [5.74, 6) is 3.22. The summed E-state index contributed by atoms with van der Waals surface area (Å²) in [5.41, 5.74) is 1.06. The predicted molar refractivity (Wildman–Crippen MR) is 130 cm³/mol. The Morgan fingerprint density at radius 1 is 1.13 bits per heavy atom. The van der Waals surface area contributed by atoms with Gasteiger partial charge in [0.2, 0.25) is 0 Å². The van der Waals surface area contributed by atoms with Crippen LogP contribution in [-0.4, -0.2) is 51.3 Å². The van der Waals surface area contributed by atoms with Gasteiger partial charge in [0.05, 0.1) is 33.1 Å². The summed E-state index contributed by atoms with van der Waals surface area (Å²) in [6.07, 6.45) is 4.23. The maximum Gasteiger partial charge on any atom is 0.191 e. The molecule has 0 radical (unpaired) electrons. The topological polar surface area (TPSA) is 71.3 Å². The van der Waals surface area contributed by atoms with Crippen molar-refractivity contribution in [3.05, 3.63) is 47.9 Å². The van der Waals surface area contributed by atoms with Crippen molar-refractivity contribution in [3.8, 4) is 11.5 Å². The lowest BCUT2D eigenvalue weighted by Gasteiger charge is -2.26. The summed E-state index contributed by atoms with van der Waals surface area (Å²) in [7, 11) is 3.28. The van der Waals surface area contributed by atoms with Gasteiger partial charge in [-0.25, -0.2) is 4.99 Å². The number of rotatable bonds is 9. The molecule has 1 aromatic heterocycles. The molecule has 0 aliphatic carbocycles. The van der Waals surface area contributed by atoms with Gasteiger partial charge in [0.1, 0.15) is 5.76 Å². The third-order valence-electron chi connectivity index (χ3n) is 5.13. The first-order valence-corrected chi connectivity index (χ1v) is 10.3. The van der Waals surface area contributed by atoms with Crippen LogP contribution in [0.1, 0.15) is 37.1 Å². The standard InChI is InChI=1S/C22H32N4O3.HI/c1-4-23-22(24-15-17-9-10-20(27-2)21(14-17)28-3)25-16-18(19-8-7-13-29-19)26-11-5-6-12-26;/h7-10,13-14,18H,4-6,11-12,15-16H2,1-3H3,(H2,23,24,25);1H. The van der Waals surface area contributed by atoms with E-state index >= 15 is 0 Å². The number of guanidine groups is 1. The van der Waals surface area contributed by atoms with E-state index in [2.05, 4.69) is 28.5 Å².